The molecule has 0 spiro atoms. The van der Waals surface area contributed by atoms with Crippen molar-refractivity contribution in [3.63, 3.8) is 0 Å². The predicted octanol–water partition coefficient (Wildman–Crippen LogP) is 3.63. The van der Waals surface area contributed by atoms with Gasteiger partial charge in [-0.3, -0.25) is 0 Å². The van der Waals surface area contributed by atoms with Crippen LogP contribution in [0.25, 0.3) is 10.8 Å². The Balaban J connectivity index is 1.85. The summed E-state index contributed by atoms with van der Waals surface area (Å²) in [5.74, 6) is 1.81. The van der Waals surface area contributed by atoms with E-state index in [4.69, 9.17) is 4.42 Å². The lowest BCUT2D eigenvalue weighted by Gasteiger charge is -2.30. The summed E-state index contributed by atoms with van der Waals surface area (Å²) in [6.07, 6.45) is 4.35. The van der Waals surface area contributed by atoms with E-state index in [2.05, 4.69) is 36.1 Å². The van der Waals surface area contributed by atoms with Crippen molar-refractivity contribution in [3.05, 3.63) is 36.3 Å². The number of furan rings is 1. The molecule has 0 amide bonds. The Labute approximate surface area is 102 Å². The van der Waals surface area contributed by atoms with Crippen molar-refractivity contribution in [2.24, 2.45) is 0 Å². The van der Waals surface area contributed by atoms with E-state index in [1.54, 1.807) is 0 Å². The molecule has 0 bridgehead atoms. The third-order valence-corrected chi connectivity index (χ3v) is 3.94. The van der Waals surface area contributed by atoms with Crippen molar-refractivity contribution >= 4 is 10.8 Å². The molecule has 0 aliphatic carbocycles. The first-order chi connectivity index (χ1) is 8.38. The molecule has 1 fully saturated rings. The van der Waals surface area contributed by atoms with Gasteiger partial charge in [-0.2, -0.15) is 0 Å². The van der Waals surface area contributed by atoms with Crippen LogP contribution in [-0.2, 0) is 0 Å². The highest BCUT2D eigenvalue weighted by Gasteiger charge is 2.23. The fourth-order valence-electron chi connectivity index (χ4n) is 2.84. The van der Waals surface area contributed by atoms with Crippen LogP contribution < -0.4 is 0 Å². The molecule has 2 heteroatoms. The van der Waals surface area contributed by atoms with E-state index < -0.39 is 0 Å². The average molecular weight is 229 g/mol. The van der Waals surface area contributed by atoms with Crippen LogP contribution >= 0.6 is 0 Å². The largest absolute Gasteiger partial charge is 0.468 e. The first-order valence-corrected chi connectivity index (χ1v) is 6.57. The number of fused-ring (bicyclic) bond motifs is 1. The Morgan fingerprint density at radius 3 is 2.76 bits per heavy atom. The Morgan fingerprint density at radius 1 is 1.24 bits per heavy atom. The fourth-order valence-corrected chi connectivity index (χ4v) is 2.84. The topological polar surface area (TPSA) is 16.4 Å². The molecular formula is C15H19NO. The molecule has 90 valence electrons. The van der Waals surface area contributed by atoms with Crippen molar-refractivity contribution < 1.29 is 4.42 Å². The van der Waals surface area contributed by atoms with Gasteiger partial charge in [0.05, 0.1) is 6.26 Å². The molecule has 0 radical (unpaired) electrons. The highest BCUT2D eigenvalue weighted by atomic mass is 16.3. The summed E-state index contributed by atoms with van der Waals surface area (Å²) >= 11 is 0. The van der Waals surface area contributed by atoms with Gasteiger partial charge in [-0.1, -0.05) is 31.2 Å². The second kappa shape index (κ2) is 4.53. The lowest BCUT2D eigenvalue weighted by atomic mass is 9.92. The first kappa shape index (κ1) is 10.8. The Hall–Kier alpha value is -1.28. The summed E-state index contributed by atoms with van der Waals surface area (Å²) in [4.78, 5) is 2.52. The molecule has 1 aliphatic rings. The maximum atomic E-state index is 5.80. The van der Waals surface area contributed by atoms with Crippen molar-refractivity contribution in [1.29, 1.82) is 0 Å². The quantitative estimate of drug-likeness (QED) is 0.781. The van der Waals surface area contributed by atoms with Gasteiger partial charge in [-0.25, -0.2) is 0 Å². The second-order valence-electron chi connectivity index (χ2n) is 4.90. The normalized spacial score (nSPS) is 18.9. The Kier molecular flexibility index (Phi) is 2.89. The van der Waals surface area contributed by atoms with E-state index in [9.17, 15) is 0 Å². The van der Waals surface area contributed by atoms with E-state index in [1.165, 1.54) is 49.0 Å². The second-order valence-corrected chi connectivity index (χ2v) is 4.90. The van der Waals surface area contributed by atoms with Gasteiger partial charge in [0, 0.05) is 16.7 Å². The first-order valence-electron chi connectivity index (χ1n) is 6.57. The van der Waals surface area contributed by atoms with Gasteiger partial charge in [-0.05, 0) is 32.5 Å². The molecule has 0 unspecified atom stereocenters. The predicted molar refractivity (Wildman–Crippen MR) is 70.3 cm³/mol. The summed E-state index contributed by atoms with van der Waals surface area (Å²) in [5.41, 5.74) is 0. The van der Waals surface area contributed by atoms with E-state index >= 15 is 0 Å². The molecule has 3 rings (SSSR count). The minimum atomic E-state index is 0.609. The fraction of sp³-hybridized carbons (Fsp3) is 0.467. The van der Waals surface area contributed by atoms with Crippen molar-refractivity contribution in [2.45, 2.75) is 25.7 Å². The highest BCUT2D eigenvalue weighted by molar-refractivity contribution is 5.84. The Morgan fingerprint density at radius 2 is 2.00 bits per heavy atom. The molecule has 2 nitrogen and oxygen atoms in total. The molecule has 1 aliphatic heterocycles. The maximum absolute atomic E-state index is 5.80. The smallest absolute Gasteiger partial charge is 0.114 e. The minimum Gasteiger partial charge on any atom is -0.468 e. The number of likely N-dealkylation sites (tertiary alicyclic amines) is 1. The summed E-state index contributed by atoms with van der Waals surface area (Å²) in [6.45, 7) is 5.82. The van der Waals surface area contributed by atoms with Crippen LogP contribution in [0.3, 0.4) is 0 Å². The number of hydrogen-bond acceptors (Lipinski definition) is 2. The Bertz CT molecular complexity index is 494. The molecule has 1 aromatic heterocycles. The summed E-state index contributed by atoms with van der Waals surface area (Å²) < 4.78 is 5.80. The van der Waals surface area contributed by atoms with Crippen molar-refractivity contribution in [2.75, 3.05) is 19.6 Å². The monoisotopic (exact) mass is 229 g/mol. The minimum absolute atomic E-state index is 0.609. The van der Waals surface area contributed by atoms with Gasteiger partial charge < -0.3 is 9.32 Å². The van der Waals surface area contributed by atoms with Crippen LogP contribution in [0.2, 0.25) is 0 Å². The number of benzene rings is 1. The van der Waals surface area contributed by atoms with Crippen molar-refractivity contribution in [3.8, 4) is 0 Å². The van der Waals surface area contributed by atoms with Gasteiger partial charge in [0.25, 0.3) is 0 Å². The van der Waals surface area contributed by atoms with Crippen LogP contribution in [0, 0.1) is 0 Å². The SMILES string of the molecule is CCN1CCC(c2occ3ccccc23)CC1. The lowest BCUT2D eigenvalue weighted by molar-refractivity contribution is 0.212. The van der Waals surface area contributed by atoms with Gasteiger partial charge in [0.1, 0.15) is 5.76 Å². The molecule has 0 atom stereocenters. The number of rotatable bonds is 2. The third-order valence-electron chi connectivity index (χ3n) is 3.94. The summed E-state index contributed by atoms with van der Waals surface area (Å²) in [7, 11) is 0. The van der Waals surface area contributed by atoms with Gasteiger partial charge in [0.2, 0.25) is 0 Å². The molecule has 2 heterocycles. The van der Waals surface area contributed by atoms with Gasteiger partial charge in [-0.15, -0.1) is 0 Å². The van der Waals surface area contributed by atoms with E-state index in [-0.39, 0.29) is 0 Å². The van der Waals surface area contributed by atoms with E-state index in [0.717, 1.165) is 0 Å². The van der Waals surface area contributed by atoms with E-state index in [1.807, 2.05) is 6.26 Å². The molecule has 1 saturated heterocycles. The van der Waals surface area contributed by atoms with Gasteiger partial charge >= 0.3 is 0 Å². The number of hydrogen-bond donors (Lipinski definition) is 0. The van der Waals surface area contributed by atoms with Crippen LogP contribution in [0.1, 0.15) is 31.4 Å². The molecule has 1 aromatic carbocycles. The lowest BCUT2D eigenvalue weighted by Crippen LogP contribution is -2.32. The van der Waals surface area contributed by atoms with Crippen LogP contribution in [0.5, 0.6) is 0 Å². The highest BCUT2D eigenvalue weighted by Crippen LogP contribution is 2.34. The molecule has 17 heavy (non-hydrogen) atoms. The third kappa shape index (κ3) is 1.98. The van der Waals surface area contributed by atoms with Gasteiger partial charge in [0.15, 0.2) is 0 Å². The number of piperidine rings is 1. The standard InChI is InChI=1S/C15H19NO/c1-2-16-9-7-12(8-10-16)15-14-6-4-3-5-13(14)11-17-15/h3-6,11-12H,2,7-10H2,1H3. The summed E-state index contributed by atoms with van der Waals surface area (Å²) in [6, 6.07) is 8.48. The zero-order chi connectivity index (χ0) is 11.7. The zero-order valence-corrected chi connectivity index (χ0v) is 10.4. The average Bonchev–Trinajstić information content (AvgIpc) is 2.83. The molecule has 2 aromatic rings. The van der Waals surface area contributed by atoms with E-state index in [0.29, 0.717) is 5.92 Å². The van der Waals surface area contributed by atoms with Crippen LogP contribution in [-0.4, -0.2) is 24.5 Å². The summed E-state index contributed by atoms with van der Waals surface area (Å²) in [5, 5.41) is 2.54. The molecule has 0 saturated carbocycles. The molecular weight excluding hydrogens is 210 g/mol. The van der Waals surface area contributed by atoms with Crippen LogP contribution in [0.4, 0.5) is 0 Å². The van der Waals surface area contributed by atoms with Crippen molar-refractivity contribution in [1.82, 2.24) is 4.90 Å². The van der Waals surface area contributed by atoms with Crippen LogP contribution in [0.15, 0.2) is 34.9 Å². The zero-order valence-electron chi connectivity index (χ0n) is 10.4. The number of nitrogens with zero attached hydrogens (tertiary/aromatic N) is 1. The molecule has 0 N–H and O–H groups in total. The maximum Gasteiger partial charge on any atom is 0.114 e.